The summed E-state index contributed by atoms with van der Waals surface area (Å²) in [5.41, 5.74) is -0.721. The van der Waals surface area contributed by atoms with E-state index in [9.17, 15) is 24.3 Å². The number of aliphatic hydroxyl groups is 1. The number of hydrogen-bond donors (Lipinski definition) is 1. The van der Waals surface area contributed by atoms with Gasteiger partial charge in [-0.3, -0.25) is 4.79 Å². The second-order valence-electron chi connectivity index (χ2n) is 14.4. The van der Waals surface area contributed by atoms with Crippen LogP contribution >= 0.6 is 11.3 Å². The van der Waals surface area contributed by atoms with Gasteiger partial charge >= 0.3 is 18.0 Å². The molecule has 47 heavy (non-hydrogen) atoms. The number of carbonyl (C=O) groups is 4. The number of carbonyl (C=O) groups excluding carboxylic acids is 4. The molecule has 0 aliphatic carbocycles. The maximum absolute atomic E-state index is 13.4. The van der Waals surface area contributed by atoms with Crippen LogP contribution in [0.4, 0.5) is 4.79 Å². The van der Waals surface area contributed by atoms with Crippen LogP contribution in [0.15, 0.2) is 24.3 Å². The van der Waals surface area contributed by atoms with Crippen molar-refractivity contribution in [3.63, 3.8) is 0 Å². The van der Waals surface area contributed by atoms with E-state index in [0.717, 1.165) is 10.4 Å². The highest BCUT2D eigenvalue weighted by molar-refractivity contribution is 7.14. The number of thiophene rings is 1. The summed E-state index contributed by atoms with van der Waals surface area (Å²) in [7, 11) is 1.59. The Kier molecular flexibility index (Phi) is 12.0. The molecule has 2 heterocycles. The van der Waals surface area contributed by atoms with E-state index in [0.29, 0.717) is 30.0 Å². The van der Waals surface area contributed by atoms with Gasteiger partial charge in [-0.2, -0.15) is 0 Å². The van der Waals surface area contributed by atoms with E-state index < -0.39 is 54.2 Å². The summed E-state index contributed by atoms with van der Waals surface area (Å²) in [6.07, 6.45) is -0.893. The number of hydrogen-bond acceptors (Lipinski definition) is 11. The van der Waals surface area contributed by atoms with Crippen molar-refractivity contribution in [2.24, 2.45) is 0 Å². The van der Waals surface area contributed by atoms with Gasteiger partial charge in [0.05, 0.1) is 24.1 Å². The number of benzene rings is 1. The highest BCUT2D eigenvalue weighted by Gasteiger charge is 2.29. The third-order valence-electron chi connectivity index (χ3n) is 6.41. The first-order chi connectivity index (χ1) is 21.6. The van der Waals surface area contributed by atoms with Gasteiger partial charge in [-0.15, -0.1) is 11.3 Å². The van der Waals surface area contributed by atoms with Crippen LogP contribution in [-0.2, 0) is 36.8 Å². The van der Waals surface area contributed by atoms with E-state index in [1.165, 1.54) is 28.4 Å². The molecule has 1 aromatic heterocycles. The molecule has 1 aliphatic heterocycles. The van der Waals surface area contributed by atoms with Gasteiger partial charge in [0.2, 0.25) is 0 Å². The molecule has 12 nitrogen and oxygen atoms in total. The summed E-state index contributed by atoms with van der Waals surface area (Å²) in [6.45, 7) is 15.9. The van der Waals surface area contributed by atoms with E-state index in [2.05, 4.69) is 0 Å². The average molecular weight is 677 g/mol. The maximum Gasteiger partial charge on any atom is 0.410 e. The molecule has 0 saturated heterocycles. The Morgan fingerprint density at radius 2 is 1.40 bits per heavy atom. The lowest BCUT2D eigenvalue weighted by Gasteiger charge is -2.29. The second kappa shape index (κ2) is 14.9. The van der Waals surface area contributed by atoms with Gasteiger partial charge in [-0.05, 0) is 98.1 Å². The molecule has 0 saturated carbocycles. The van der Waals surface area contributed by atoms with Gasteiger partial charge < -0.3 is 38.6 Å². The van der Waals surface area contributed by atoms with Gasteiger partial charge in [0.15, 0.2) is 24.7 Å². The normalized spacial score (nSPS) is 14.1. The molecule has 1 N–H and O–H groups in total. The van der Waals surface area contributed by atoms with Crippen molar-refractivity contribution >= 4 is 35.3 Å². The molecule has 0 spiro atoms. The summed E-state index contributed by atoms with van der Waals surface area (Å²) < 4.78 is 27.5. The van der Waals surface area contributed by atoms with E-state index in [1.54, 1.807) is 65.6 Å². The molecule has 0 bridgehead atoms. The largest absolute Gasteiger partial charge is 0.478 e. The average Bonchev–Trinajstić information content (AvgIpc) is 3.35. The monoisotopic (exact) mass is 676 g/mol. The number of rotatable bonds is 10. The molecule has 0 radical (unpaired) electrons. The highest BCUT2D eigenvalue weighted by atomic mass is 32.1. The van der Waals surface area contributed by atoms with Gasteiger partial charge in [0, 0.05) is 18.5 Å². The van der Waals surface area contributed by atoms with Crippen molar-refractivity contribution in [2.45, 2.75) is 98.2 Å². The number of esters is 2. The minimum Gasteiger partial charge on any atom is -0.478 e. The lowest BCUT2D eigenvalue weighted by atomic mass is 10.1. The Labute approximate surface area is 280 Å². The standard InChI is InChI=1S/C34H48N2O10S/c1-32(2,3)44-28(38)19-42-24-12-11-21(15-25(24)43-20-29(39)45-33(4,5)6)23(37)18-35(10)30(40)27-16-22-17-36(14-13-26(22)47-27)31(41)46-34(7,8)9/h11-12,15-16,23,37H,13-14,17-20H2,1-10H3. The predicted molar refractivity (Wildman–Crippen MR) is 176 cm³/mol. The Morgan fingerprint density at radius 3 is 1.96 bits per heavy atom. The number of likely N-dealkylation sites (N-methyl/N-ethyl adjacent to an activating group) is 1. The lowest BCUT2D eigenvalue weighted by molar-refractivity contribution is -0.158. The lowest BCUT2D eigenvalue weighted by Crippen LogP contribution is -2.39. The second-order valence-corrected chi connectivity index (χ2v) is 15.5. The molecule has 1 aliphatic rings. The van der Waals surface area contributed by atoms with Gasteiger partial charge in [-0.1, -0.05) is 6.07 Å². The Hall–Kier alpha value is -3.84. The first-order valence-electron chi connectivity index (χ1n) is 15.5. The van der Waals surface area contributed by atoms with Gasteiger partial charge in [0.1, 0.15) is 16.8 Å². The SMILES string of the molecule is CN(CC(O)c1ccc(OCC(=O)OC(C)(C)C)c(OCC(=O)OC(C)(C)C)c1)C(=O)c1cc2c(s1)CCN(C(=O)OC(C)(C)C)C2. The van der Waals surface area contributed by atoms with Crippen molar-refractivity contribution in [1.29, 1.82) is 0 Å². The zero-order chi connectivity index (χ0) is 35.3. The van der Waals surface area contributed by atoms with Crippen molar-refractivity contribution in [3.05, 3.63) is 45.1 Å². The summed E-state index contributed by atoms with van der Waals surface area (Å²) in [5, 5.41) is 11.1. The minimum atomic E-state index is -1.12. The molecular weight excluding hydrogens is 628 g/mol. The highest BCUT2D eigenvalue weighted by Crippen LogP contribution is 2.33. The number of ether oxygens (including phenoxy) is 5. The third kappa shape index (κ3) is 12.0. The van der Waals surface area contributed by atoms with Gasteiger partial charge in [-0.25, -0.2) is 14.4 Å². The molecule has 0 fully saturated rings. The Morgan fingerprint density at radius 1 is 0.851 bits per heavy atom. The molecule has 260 valence electrons. The van der Waals surface area contributed by atoms with Crippen LogP contribution in [-0.4, -0.2) is 89.0 Å². The Balaban J connectivity index is 1.71. The smallest absolute Gasteiger partial charge is 0.410 e. The fourth-order valence-corrected chi connectivity index (χ4v) is 5.69. The van der Waals surface area contributed by atoms with Crippen LogP contribution in [0.2, 0.25) is 0 Å². The fraction of sp³-hybridized carbons (Fsp3) is 0.588. The van der Waals surface area contributed by atoms with Crippen LogP contribution in [0.25, 0.3) is 0 Å². The molecule has 1 unspecified atom stereocenters. The van der Waals surface area contributed by atoms with Crippen molar-refractivity contribution < 1.29 is 48.0 Å². The van der Waals surface area contributed by atoms with Crippen LogP contribution in [0, 0.1) is 0 Å². The summed E-state index contributed by atoms with van der Waals surface area (Å²) in [4.78, 5) is 55.1. The van der Waals surface area contributed by atoms with Crippen molar-refractivity contribution in [1.82, 2.24) is 9.80 Å². The molecule has 2 amide bonds. The topological polar surface area (TPSA) is 141 Å². The Bertz CT molecular complexity index is 1450. The van der Waals surface area contributed by atoms with E-state index in [4.69, 9.17) is 23.7 Å². The third-order valence-corrected chi connectivity index (χ3v) is 7.63. The van der Waals surface area contributed by atoms with Crippen LogP contribution < -0.4 is 9.47 Å². The minimum absolute atomic E-state index is 0.0466. The van der Waals surface area contributed by atoms with Crippen LogP contribution in [0.5, 0.6) is 11.5 Å². The molecule has 3 rings (SSSR count). The molecule has 2 aromatic rings. The molecule has 1 aromatic carbocycles. The fourth-order valence-electron chi connectivity index (χ4n) is 4.54. The van der Waals surface area contributed by atoms with Crippen molar-refractivity contribution in [3.8, 4) is 11.5 Å². The van der Waals surface area contributed by atoms with Crippen molar-refractivity contribution in [2.75, 3.05) is 33.4 Å². The zero-order valence-corrected chi connectivity index (χ0v) is 29.9. The van der Waals surface area contributed by atoms with Gasteiger partial charge in [0.25, 0.3) is 5.91 Å². The summed E-state index contributed by atoms with van der Waals surface area (Å²) >= 11 is 1.38. The van der Waals surface area contributed by atoms with Crippen LogP contribution in [0.1, 0.15) is 94.1 Å². The summed E-state index contributed by atoms with van der Waals surface area (Å²) in [5.74, 6) is -1.21. The first kappa shape index (κ1) is 37.6. The number of aliphatic hydroxyl groups excluding tert-OH is 1. The van der Waals surface area contributed by atoms with Crippen LogP contribution in [0.3, 0.4) is 0 Å². The number of nitrogens with zero attached hydrogens (tertiary/aromatic N) is 2. The zero-order valence-electron chi connectivity index (χ0n) is 29.1. The quantitative estimate of drug-likeness (QED) is 0.261. The maximum atomic E-state index is 13.4. The van der Waals surface area contributed by atoms with E-state index >= 15 is 0 Å². The van der Waals surface area contributed by atoms with E-state index in [-0.39, 0.29) is 24.0 Å². The molecule has 1 atom stereocenters. The van der Waals surface area contributed by atoms with E-state index in [1.807, 2.05) is 20.8 Å². The molecule has 13 heteroatoms. The predicted octanol–water partition coefficient (Wildman–Crippen LogP) is 5.29. The number of fused-ring (bicyclic) bond motifs is 1. The summed E-state index contributed by atoms with van der Waals surface area (Å²) in [6, 6.07) is 6.38. The first-order valence-corrected chi connectivity index (χ1v) is 16.3. The molecular formula is C34H48N2O10S. The number of amides is 2.